The predicted octanol–water partition coefficient (Wildman–Crippen LogP) is 3.35. The quantitative estimate of drug-likeness (QED) is 0.889. The molecule has 1 aliphatic carbocycles. The van der Waals surface area contributed by atoms with Crippen molar-refractivity contribution in [3.8, 4) is 11.3 Å². The lowest BCUT2D eigenvalue weighted by molar-refractivity contribution is -0.116. The number of hydrogen-bond donors (Lipinski definition) is 2. The second kappa shape index (κ2) is 7.22. The van der Waals surface area contributed by atoms with Gasteiger partial charge in [0.2, 0.25) is 5.91 Å². The molecule has 5 heteroatoms. The monoisotopic (exact) mass is 311 g/mol. The summed E-state index contributed by atoms with van der Waals surface area (Å²) in [4.78, 5) is 23.2. The molecule has 1 fully saturated rings. The van der Waals surface area contributed by atoms with Gasteiger partial charge in [-0.2, -0.15) is 5.10 Å². The number of nitrogens with one attached hydrogen (secondary N) is 2. The molecule has 120 valence electrons. The summed E-state index contributed by atoms with van der Waals surface area (Å²) in [5.74, 6) is 0.779. The largest absolute Gasteiger partial charge is 0.326 e. The number of carbonyl (C=O) groups is 1. The summed E-state index contributed by atoms with van der Waals surface area (Å²) in [6, 6.07) is 10.6. The van der Waals surface area contributed by atoms with Crippen molar-refractivity contribution in [3.05, 3.63) is 46.8 Å². The molecule has 2 aromatic rings. The number of rotatable bonds is 5. The Balaban J connectivity index is 1.61. The van der Waals surface area contributed by atoms with Crippen molar-refractivity contribution in [1.29, 1.82) is 0 Å². The minimum atomic E-state index is -0.231. The third-order valence-corrected chi connectivity index (χ3v) is 4.38. The van der Waals surface area contributed by atoms with Gasteiger partial charge in [0.25, 0.3) is 5.56 Å². The first kappa shape index (κ1) is 15.5. The lowest BCUT2D eigenvalue weighted by atomic mass is 10.0. The zero-order chi connectivity index (χ0) is 16.1. The highest BCUT2D eigenvalue weighted by Crippen LogP contribution is 2.28. The Hall–Kier alpha value is -2.43. The number of aromatic amines is 1. The Kier molecular flexibility index (Phi) is 4.86. The molecule has 0 spiro atoms. The molecule has 1 aromatic heterocycles. The number of H-pyrrole nitrogens is 1. The van der Waals surface area contributed by atoms with Crippen LogP contribution in [0, 0.1) is 5.92 Å². The van der Waals surface area contributed by atoms with Gasteiger partial charge in [-0.3, -0.25) is 9.59 Å². The summed E-state index contributed by atoms with van der Waals surface area (Å²) >= 11 is 0. The van der Waals surface area contributed by atoms with Crippen LogP contribution in [0.25, 0.3) is 11.3 Å². The first-order valence-corrected chi connectivity index (χ1v) is 8.17. The van der Waals surface area contributed by atoms with E-state index in [1.807, 2.05) is 24.3 Å². The van der Waals surface area contributed by atoms with Crippen LogP contribution in [0.5, 0.6) is 0 Å². The summed E-state index contributed by atoms with van der Waals surface area (Å²) in [6.07, 6.45) is 6.70. The van der Waals surface area contributed by atoms with Crippen LogP contribution < -0.4 is 10.9 Å². The molecule has 0 atom stereocenters. The summed E-state index contributed by atoms with van der Waals surface area (Å²) in [5, 5.41) is 9.37. The number of benzene rings is 1. The van der Waals surface area contributed by atoms with Crippen molar-refractivity contribution < 1.29 is 4.79 Å². The first-order chi connectivity index (χ1) is 11.2. The van der Waals surface area contributed by atoms with Crippen molar-refractivity contribution in [2.75, 3.05) is 5.32 Å². The fourth-order valence-corrected chi connectivity index (χ4v) is 3.12. The molecule has 1 aliphatic rings. The van der Waals surface area contributed by atoms with E-state index in [2.05, 4.69) is 15.5 Å². The van der Waals surface area contributed by atoms with Gasteiger partial charge in [0, 0.05) is 23.7 Å². The standard InChI is InChI=1S/C18H21N3O2/c22-17(10-8-13-4-1-2-5-13)19-15-7-3-6-14(12-15)16-9-11-18(23)21-20-16/h3,6-7,9,11-13H,1-2,4-5,8,10H2,(H,19,22)(H,21,23). The highest BCUT2D eigenvalue weighted by molar-refractivity contribution is 5.91. The lowest BCUT2D eigenvalue weighted by Crippen LogP contribution is -2.12. The summed E-state index contributed by atoms with van der Waals surface area (Å²) in [5.41, 5.74) is 2.05. The van der Waals surface area contributed by atoms with Gasteiger partial charge in [-0.25, -0.2) is 5.10 Å². The van der Waals surface area contributed by atoms with E-state index in [0.29, 0.717) is 12.1 Å². The van der Waals surface area contributed by atoms with Gasteiger partial charge in [-0.15, -0.1) is 0 Å². The predicted molar refractivity (Wildman–Crippen MR) is 90.1 cm³/mol. The van der Waals surface area contributed by atoms with Gasteiger partial charge in [-0.1, -0.05) is 37.8 Å². The molecule has 1 amide bonds. The SMILES string of the molecule is O=C(CCC1CCCC1)Nc1cccc(-c2ccc(=O)[nH]n2)c1. The Bertz CT molecular complexity index is 713. The van der Waals surface area contributed by atoms with E-state index in [1.54, 1.807) is 6.07 Å². The van der Waals surface area contributed by atoms with Crippen LogP contribution in [0.3, 0.4) is 0 Å². The maximum Gasteiger partial charge on any atom is 0.264 e. The van der Waals surface area contributed by atoms with E-state index >= 15 is 0 Å². The topological polar surface area (TPSA) is 74.8 Å². The fourth-order valence-electron chi connectivity index (χ4n) is 3.12. The van der Waals surface area contributed by atoms with Crippen molar-refractivity contribution in [2.24, 2.45) is 5.92 Å². The van der Waals surface area contributed by atoms with Crippen molar-refractivity contribution in [3.63, 3.8) is 0 Å². The third kappa shape index (κ3) is 4.28. The smallest absolute Gasteiger partial charge is 0.264 e. The average molecular weight is 311 g/mol. The highest BCUT2D eigenvalue weighted by atomic mass is 16.1. The number of aromatic nitrogens is 2. The highest BCUT2D eigenvalue weighted by Gasteiger charge is 2.16. The average Bonchev–Trinajstić information content (AvgIpc) is 3.07. The molecule has 5 nitrogen and oxygen atoms in total. The maximum atomic E-state index is 12.1. The summed E-state index contributed by atoms with van der Waals surface area (Å²) < 4.78 is 0. The molecule has 1 saturated carbocycles. The molecule has 2 N–H and O–H groups in total. The molecule has 23 heavy (non-hydrogen) atoms. The van der Waals surface area contributed by atoms with Crippen LogP contribution in [0.4, 0.5) is 5.69 Å². The first-order valence-electron chi connectivity index (χ1n) is 8.17. The lowest BCUT2D eigenvalue weighted by Gasteiger charge is -2.10. The van der Waals surface area contributed by atoms with E-state index in [4.69, 9.17) is 0 Å². The molecule has 1 heterocycles. The third-order valence-electron chi connectivity index (χ3n) is 4.38. The number of amides is 1. The normalized spacial score (nSPS) is 14.8. The van der Waals surface area contributed by atoms with Crippen LogP contribution in [0.2, 0.25) is 0 Å². The van der Waals surface area contributed by atoms with Gasteiger partial charge in [-0.05, 0) is 30.5 Å². The second-order valence-electron chi connectivity index (χ2n) is 6.12. The van der Waals surface area contributed by atoms with E-state index in [0.717, 1.165) is 23.6 Å². The molecule has 3 rings (SSSR count). The molecular weight excluding hydrogens is 290 g/mol. The van der Waals surface area contributed by atoms with Crippen molar-refractivity contribution in [1.82, 2.24) is 10.2 Å². The summed E-state index contributed by atoms with van der Waals surface area (Å²) in [7, 11) is 0. The second-order valence-corrected chi connectivity index (χ2v) is 6.12. The van der Waals surface area contributed by atoms with Gasteiger partial charge >= 0.3 is 0 Å². The van der Waals surface area contributed by atoms with Crippen molar-refractivity contribution in [2.45, 2.75) is 38.5 Å². The molecule has 0 aliphatic heterocycles. The molecule has 0 radical (unpaired) electrons. The van der Waals surface area contributed by atoms with Gasteiger partial charge in [0.05, 0.1) is 5.69 Å². The van der Waals surface area contributed by atoms with Crippen LogP contribution in [-0.2, 0) is 4.79 Å². The minimum absolute atomic E-state index is 0.0588. The van der Waals surface area contributed by atoms with E-state index in [1.165, 1.54) is 31.7 Å². The zero-order valence-corrected chi connectivity index (χ0v) is 13.0. The van der Waals surface area contributed by atoms with E-state index in [-0.39, 0.29) is 11.5 Å². The van der Waals surface area contributed by atoms with Gasteiger partial charge in [0.1, 0.15) is 0 Å². The Labute approximate surface area is 135 Å². The van der Waals surface area contributed by atoms with Crippen LogP contribution in [0.15, 0.2) is 41.2 Å². The molecule has 0 unspecified atom stereocenters. The van der Waals surface area contributed by atoms with Gasteiger partial charge in [0.15, 0.2) is 0 Å². The zero-order valence-electron chi connectivity index (χ0n) is 13.0. The summed E-state index contributed by atoms with van der Waals surface area (Å²) in [6.45, 7) is 0. The van der Waals surface area contributed by atoms with Crippen LogP contribution in [0.1, 0.15) is 38.5 Å². The molecule has 0 bridgehead atoms. The van der Waals surface area contributed by atoms with Crippen LogP contribution >= 0.6 is 0 Å². The molecule has 0 saturated heterocycles. The van der Waals surface area contributed by atoms with Gasteiger partial charge < -0.3 is 5.32 Å². The fraction of sp³-hybridized carbons (Fsp3) is 0.389. The Morgan fingerprint density at radius 1 is 1.22 bits per heavy atom. The minimum Gasteiger partial charge on any atom is -0.326 e. The number of nitrogens with zero attached hydrogens (tertiary/aromatic N) is 1. The number of carbonyl (C=O) groups excluding carboxylic acids is 1. The van der Waals surface area contributed by atoms with Crippen molar-refractivity contribution >= 4 is 11.6 Å². The Morgan fingerprint density at radius 3 is 2.78 bits per heavy atom. The number of hydrogen-bond acceptors (Lipinski definition) is 3. The van der Waals surface area contributed by atoms with Crippen LogP contribution in [-0.4, -0.2) is 16.1 Å². The van der Waals surface area contributed by atoms with E-state index < -0.39 is 0 Å². The Morgan fingerprint density at radius 2 is 2.04 bits per heavy atom. The maximum absolute atomic E-state index is 12.1. The van der Waals surface area contributed by atoms with E-state index in [9.17, 15) is 9.59 Å². The molecular formula is C18H21N3O2. The molecule has 1 aromatic carbocycles. The number of anilines is 1.